The second-order valence-corrected chi connectivity index (χ2v) is 5.71. The Balaban J connectivity index is 2.26. The Kier molecular flexibility index (Phi) is 5.39. The first kappa shape index (κ1) is 16.0. The summed E-state index contributed by atoms with van der Waals surface area (Å²) in [5.74, 6) is 0. The molecule has 0 aliphatic heterocycles. The first-order chi connectivity index (χ1) is 10.0. The van der Waals surface area contributed by atoms with E-state index in [0.717, 1.165) is 5.56 Å². The Hall–Kier alpha value is -1.37. The van der Waals surface area contributed by atoms with E-state index in [9.17, 15) is 4.79 Å². The Bertz CT molecular complexity index is 690. The van der Waals surface area contributed by atoms with Gasteiger partial charge < -0.3 is 10.4 Å². The molecule has 0 amide bonds. The summed E-state index contributed by atoms with van der Waals surface area (Å²) in [6.45, 7) is 1.98. The SMILES string of the molecule is CC(Nc1cnn(CCO)c(=O)c1Br)c1ccccc1Cl. The lowest BCUT2D eigenvalue weighted by Crippen LogP contribution is -2.26. The molecule has 1 unspecified atom stereocenters. The molecule has 0 fully saturated rings. The van der Waals surface area contributed by atoms with E-state index in [-0.39, 0.29) is 24.8 Å². The van der Waals surface area contributed by atoms with Crippen LogP contribution < -0.4 is 10.9 Å². The summed E-state index contributed by atoms with van der Waals surface area (Å²) in [5, 5.41) is 16.8. The highest BCUT2D eigenvalue weighted by Gasteiger charge is 2.13. The number of benzene rings is 1. The summed E-state index contributed by atoms with van der Waals surface area (Å²) in [6.07, 6.45) is 1.55. The van der Waals surface area contributed by atoms with Crippen molar-refractivity contribution < 1.29 is 5.11 Å². The van der Waals surface area contributed by atoms with Crippen molar-refractivity contribution in [1.29, 1.82) is 0 Å². The monoisotopic (exact) mass is 371 g/mol. The Morgan fingerprint density at radius 3 is 2.86 bits per heavy atom. The molecule has 7 heteroatoms. The summed E-state index contributed by atoms with van der Waals surface area (Å²) < 4.78 is 1.58. The summed E-state index contributed by atoms with van der Waals surface area (Å²) in [7, 11) is 0. The number of hydrogen-bond donors (Lipinski definition) is 2. The van der Waals surface area contributed by atoms with Crippen LogP contribution in [0.25, 0.3) is 0 Å². The molecule has 1 heterocycles. The average Bonchev–Trinajstić information content (AvgIpc) is 2.47. The molecule has 0 saturated heterocycles. The van der Waals surface area contributed by atoms with E-state index >= 15 is 0 Å². The van der Waals surface area contributed by atoms with Crippen LogP contribution in [0.5, 0.6) is 0 Å². The van der Waals surface area contributed by atoms with Gasteiger partial charge in [-0.25, -0.2) is 4.68 Å². The highest BCUT2D eigenvalue weighted by Crippen LogP contribution is 2.27. The number of aromatic nitrogens is 2. The largest absolute Gasteiger partial charge is 0.394 e. The maximum absolute atomic E-state index is 12.0. The lowest BCUT2D eigenvalue weighted by molar-refractivity contribution is 0.266. The zero-order valence-corrected chi connectivity index (χ0v) is 13.7. The standard InChI is InChI=1S/C14H15BrClN3O2/c1-9(10-4-2-3-5-11(10)16)18-12-8-17-19(6-7-20)14(21)13(12)15/h2-5,8-9,18,20H,6-7H2,1H3. The Morgan fingerprint density at radius 1 is 1.48 bits per heavy atom. The van der Waals surface area contributed by atoms with Crippen LogP contribution in [0.15, 0.2) is 39.7 Å². The van der Waals surface area contributed by atoms with Gasteiger partial charge in [0.1, 0.15) is 4.47 Å². The van der Waals surface area contributed by atoms with Gasteiger partial charge in [-0.15, -0.1) is 0 Å². The van der Waals surface area contributed by atoms with Gasteiger partial charge in [0.25, 0.3) is 5.56 Å². The molecule has 0 radical (unpaired) electrons. The van der Waals surface area contributed by atoms with E-state index in [4.69, 9.17) is 16.7 Å². The van der Waals surface area contributed by atoms with Gasteiger partial charge in [0, 0.05) is 5.02 Å². The van der Waals surface area contributed by atoms with Crippen molar-refractivity contribution in [1.82, 2.24) is 9.78 Å². The van der Waals surface area contributed by atoms with Gasteiger partial charge in [-0.2, -0.15) is 5.10 Å². The van der Waals surface area contributed by atoms with Gasteiger partial charge in [-0.3, -0.25) is 4.79 Å². The van der Waals surface area contributed by atoms with Crippen molar-refractivity contribution in [3.05, 3.63) is 55.9 Å². The lowest BCUT2D eigenvalue weighted by Gasteiger charge is -2.18. The Labute approximate surface area is 135 Å². The van der Waals surface area contributed by atoms with E-state index in [2.05, 4.69) is 26.3 Å². The normalized spacial score (nSPS) is 12.2. The van der Waals surface area contributed by atoms with Crippen molar-refractivity contribution >= 4 is 33.2 Å². The molecule has 2 aromatic rings. The van der Waals surface area contributed by atoms with Gasteiger partial charge >= 0.3 is 0 Å². The summed E-state index contributed by atoms with van der Waals surface area (Å²) in [6, 6.07) is 7.44. The molecule has 1 aromatic heterocycles. The molecule has 0 spiro atoms. The lowest BCUT2D eigenvalue weighted by atomic mass is 10.1. The van der Waals surface area contributed by atoms with Crippen LogP contribution in [0.4, 0.5) is 5.69 Å². The number of anilines is 1. The predicted octanol–water partition coefficient (Wildman–Crippen LogP) is 2.82. The fourth-order valence-corrected chi connectivity index (χ4v) is 2.68. The van der Waals surface area contributed by atoms with E-state index in [1.807, 2.05) is 31.2 Å². The maximum Gasteiger partial charge on any atom is 0.283 e. The maximum atomic E-state index is 12.0. The molecule has 5 nitrogen and oxygen atoms in total. The van der Waals surface area contributed by atoms with Crippen molar-refractivity contribution in [3.63, 3.8) is 0 Å². The molecular weight excluding hydrogens is 358 g/mol. The number of rotatable bonds is 5. The summed E-state index contributed by atoms with van der Waals surface area (Å²) >= 11 is 9.43. The topological polar surface area (TPSA) is 67.2 Å². The first-order valence-electron chi connectivity index (χ1n) is 6.42. The second kappa shape index (κ2) is 7.06. The molecule has 0 aliphatic rings. The molecule has 1 atom stereocenters. The van der Waals surface area contributed by atoms with Crippen molar-refractivity contribution in [2.45, 2.75) is 19.5 Å². The molecule has 2 N–H and O–H groups in total. The van der Waals surface area contributed by atoms with Crippen LogP contribution >= 0.6 is 27.5 Å². The third-order valence-electron chi connectivity index (χ3n) is 3.04. The fourth-order valence-electron chi connectivity index (χ4n) is 1.96. The Morgan fingerprint density at radius 2 is 2.19 bits per heavy atom. The van der Waals surface area contributed by atoms with Crippen LogP contribution in [0.2, 0.25) is 5.02 Å². The molecule has 112 valence electrons. The van der Waals surface area contributed by atoms with Gasteiger partial charge in [0.05, 0.1) is 31.1 Å². The van der Waals surface area contributed by atoms with Gasteiger partial charge in [0.2, 0.25) is 0 Å². The third kappa shape index (κ3) is 3.64. The first-order valence-corrected chi connectivity index (χ1v) is 7.59. The molecular formula is C14H15BrClN3O2. The molecule has 21 heavy (non-hydrogen) atoms. The highest BCUT2D eigenvalue weighted by molar-refractivity contribution is 9.10. The summed E-state index contributed by atoms with van der Waals surface area (Å²) in [4.78, 5) is 12.0. The van der Waals surface area contributed by atoms with E-state index in [0.29, 0.717) is 15.2 Å². The van der Waals surface area contributed by atoms with Crippen molar-refractivity contribution in [2.24, 2.45) is 0 Å². The van der Waals surface area contributed by atoms with Crippen LogP contribution in [0.1, 0.15) is 18.5 Å². The molecule has 0 bridgehead atoms. The smallest absolute Gasteiger partial charge is 0.283 e. The number of nitrogens with one attached hydrogen (secondary N) is 1. The van der Waals surface area contributed by atoms with Gasteiger partial charge in [-0.1, -0.05) is 29.8 Å². The highest BCUT2D eigenvalue weighted by atomic mass is 79.9. The van der Waals surface area contributed by atoms with Crippen LogP contribution in [0.3, 0.4) is 0 Å². The van der Waals surface area contributed by atoms with E-state index in [1.54, 1.807) is 6.20 Å². The zero-order chi connectivity index (χ0) is 15.4. The van der Waals surface area contributed by atoms with E-state index in [1.165, 1.54) is 4.68 Å². The predicted molar refractivity (Wildman–Crippen MR) is 86.8 cm³/mol. The van der Waals surface area contributed by atoms with Crippen LogP contribution in [-0.2, 0) is 6.54 Å². The summed E-state index contributed by atoms with van der Waals surface area (Å²) in [5.41, 5.74) is 1.23. The molecule has 0 saturated carbocycles. The number of nitrogens with zero attached hydrogens (tertiary/aromatic N) is 2. The molecule has 1 aromatic carbocycles. The van der Waals surface area contributed by atoms with E-state index < -0.39 is 0 Å². The minimum absolute atomic E-state index is 0.0788. The van der Waals surface area contributed by atoms with Gasteiger partial charge in [-0.05, 0) is 34.5 Å². The number of aliphatic hydroxyl groups is 1. The fraction of sp³-hybridized carbons (Fsp3) is 0.286. The molecule has 0 aliphatic carbocycles. The number of aliphatic hydroxyl groups excluding tert-OH is 1. The quantitative estimate of drug-likeness (QED) is 0.847. The van der Waals surface area contributed by atoms with Crippen LogP contribution in [-0.4, -0.2) is 21.5 Å². The third-order valence-corrected chi connectivity index (χ3v) is 4.15. The number of halogens is 2. The minimum Gasteiger partial charge on any atom is -0.394 e. The van der Waals surface area contributed by atoms with Crippen molar-refractivity contribution in [3.8, 4) is 0 Å². The second-order valence-electron chi connectivity index (χ2n) is 4.51. The molecule has 2 rings (SSSR count). The van der Waals surface area contributed by atoms with Gasteiger partial charge in [0.15, 0.2) is 0 Å². The van der Waals surface area contributed by atoms with Crippen molar-refractivity contribution in [2.75, 3.05) is 11.9 Å². The minimum atomic E-state index is -0.291. The number of hydrogen-bond acceptors (Lipinski definition) is 4. The average molecular weight is 373 g/mol. The van der Waals surface area contributed by atoms with Crippen LogP contribution in [0, 0.1) is 0 Å². The zero-order valence-electron chi connectivity index (χ0n) is 11.4.